The molecule has 3 aliphatic carbocycles. The summed E-state index contributed by atoms with van der Waals surface area (Å²) in [6.45, 7) is 6.64. The van der Waals surface area contributed by atoms with Crippen LogP contribution in [0.1, 0.15) is 86.7 Å². The van der Waals surface area contributed by atoms with Crippen LogP contribution >= 0.6 is 11.6 Å². The fraction of sp³-hybridized carbons (Fsp3) is 0.600. The number of hydrogen-bond acceptors (Lipinski definition) is 7. The van der Waals surface area contributed by atoms with E-state index >= 15 is 4.39 Å². The lowest BCUT2D eigenvalue weighted by Crippen LogP contribution is -2.51. The predicted molar refractivity (Wildman–Crippen MR) is 198 cm³/mol. The van der Waals surface area contributed by atoms with Gasteiger partial charge in [-0.3, -0.25) is 9.59 Å². The lowest BCUT2D eigenvalue weighted by Gasteiger charge is -2.48. The second kappa shape index (κ2) is 13.9. The van der Waals surface area contributed by atoms with Gasteiger partial charge >= 0.3 is 0 Å². The first-order valence-corrected chi connectivity index (χ1v) is 21.0. The minimum absolute atomic E-state index is 0.0146. The number of nitrogens with one attached hydrogen (secondary N) is 1. The third kappa shape index (κ3) is 6.42. The van der Waals surface area contributed by atoms with Gasteiger partial charge in [0.15, 0.2) is 0 Å². The number of rotatable bonds is 3. The number of hydrogen-bond donors (Lipinski definition) is 1. The van der Waals surface area contributed by atoms with Crippen LogP contribution in [0.2, 0.25) is 5.02 Å². The number of fused-ring (bicyclic) bond motifs is 6. The van der Waals surface area contributed by atoms with E-state index < -0.39 is 26.6 Å². The van der Waals surface area contributed by atoms with E-state index in [0.29, 0.717) is 49.5 Å². The topological polar surface area (TPSA) is 105 Å². The Morgan fingerprint density at radius 3 is 2.65 bits per heavy atom. The molecule has 4 bridgehead atoms. The van der Waals surface area contributed by atoms with E-state index in [4.69, 9.17) is 21.1 Å². The van der Waals surface area contributed by atoms with Gasteiger partial charge in [0.2, 0.25) is 15.9 Å². The van der Waals surface area contributed by atoms with Gasteiger partial charge in [-0.1, -0.05) is 30.7 Å². The Kier molecular flexibility index (Phi) is 9.60. The molecule has 7 aliphatic rings. The molecule has 9 nitrogen and oxygen atoms in total. The Morgan fingerprint density at radius 2 is 1.90 bits per heavy atom. The zero-order valence-electron chi connectivity index (χ0n) is 30.0. The lowest BCUT2D eigenvalue weighted by molar-refractivity contribution is -0.141. The fourth-order valence-electron chi connectivity index (χ4n) is 9.67. The number of allylic oxidation sites excluding steroid dienone is 1. The Bertz CT molecular complexity index is 1900. The SMILES string of the molecule is C[C@@H]1[C@@H](C)S(=O)(=O)NC(=O)c2ccc3c(c2)N(C[C@@H]2CC[C@H]2[C@@H](OCC(=O)N2CCCCC2)C2=C[C@H]1C2)C[C@@]1(CCCc2c1ccc(Cl)c2F)CO3. The number of ether oxygens (including phenoxy) is 2. The van der Waals surface area contributed by atoms with E-state index in [2.05, 4.69) is 15.7 Å². The first-order valence-electron chi connectivity index (χ1n) is 19.1. The number of sulfonamides is 1. The number of nitrogens with zero attached hydrogens (tertiary/aromatic N) is 2. The third-order valence-electron chi connectivity index (χ3n) is 13.2. The maximum absolute atomic E-state index is 15.5. The highest BCUT2D eigenvalue weighted by Gasteiger charge is 2.48. The molecule has 52 heavy (non-hydrogen) atoms. The summed E-state index contributed by atoms with van der Waals surface area (Å²) >= 11 is 6.26. The van der Waals surface area contributed by atoms with E-state index in [1.165, 1.54) is 0 Å². The van der Waals surface area contributed by atoms with Crippen LogP contribution in [0.4, 0.5) is 10.1 Å². The average molecular weight is 754 g/mol. The smallest absolute Gasteiger partial charge is 0.264 e. The molecule has 0 aromatic heterocycles. The van der Waals surface area contributed by atoms with Gasteiger partial charge in [-0.05, 0) is 129 Å². The van der Waals surface area contributed by atoms with E-state index in [9.17, 15) is 18.0 Å². The summed E-state index contributed by atoms with van der Waals surface area (Å²) in [4.78, 5) is 31.1. The first kappa shape index (κ1) is 35.9. The standard InChI is InChI=1S/C40H49ClFN3O6S/c1-24-25(2)52(48,49)43-39(47)26-9-13-35-34(19-26)45(22-40(23-51-35)14-6-7-31-32(40)11-12-33(41)37(31)42)20-27-8-10-30(27)38(29-17-28(24)18-29)50-21-36(46)44-15-4-3-5-16-44/h9,11-13,17,19,24-25,27-28,30,38H,3-8,10,14-16,18,20-23H2,1-2H3,(H,43,47)/t24-,25-,27+,28+,30-,38+,40+/m1/s1. The van der Waals surface area contributed by atoms with Gasteiger partial charge in [-0.2, -0.15) is 0 Å². The van der Waals surface area contributed by atoms with Gasteiger partial charge in [-0.15, -0.1) is 0 Å². The van der Waals surface area contributed by atoms with Crippen molar-refractivity contribution < 1.29 is 31.9 Å². The lowest BCUT2D eigenvalue weighted by atomic mass is 9.64. The van der Waals surface area contributed by atoms with E-state index in [1.807, 2.05) is 17.9 Å². The third-order valence-corrected chi connectivity index (χ3v) is 15.4. The summed E-state index contributed by atoms with van der Waals surface area (Å²) in [5, 5.41) is -0.702. The van der Waals surface area contributed by atoms with Crippen molar-refractivity contribution in [2.75, 3.05) is 44.3 Å². The summed E-state index contributed by atoms with van der Waals surface area (Å²) in [6.07, 6.45) is 9.87. The van der Waals surface area contributed by atoms with Gasteiger partial charge in [0.1, 0.15) is 18.2 Å². The van der Waals surface area contributed by atoms with E-state index in [1.54, 1.807) is 31.2 Å². The number of benzene rings is 2. The molecule has 2 amide bonds. The van der Waals surface area contributed by atoms with Crippen molar-refractivity contribution in [1.82, 2.24) is 9.62 Å². The number of likely N-dealkylation sites (tertiary alicyclic amines) is 1. The highest BCUT2D eigenvalue weighted by molar-refractivity contribution is 7.90. The Hall–Kier alpha value is -3.15. The molecule has 1 saturated heterocycles. The number of carbonyl (C=O) groups is 2. The second-order valence-electron chi connectivity index (χ2n) is 16.2. The van der Waals surface area contributed by atoms with Gasteiger partial charge in [-0.25, -0.2) is 17.5 Å². The van der Waals surface area contributed by atoms with Gasteiger partial charge in [0.05, 0.1) is 28.7 Å². The van der Waals surface area contributed by atoms with Crippen LogP contribution in [0, 0.1) is 29.5 Å². The van der Waals surface area contributed by atoms with Crippen LogP contribution in [0.5, 0.6) is 5.75 Å². The Labute approximate surface area is 311 Å². The number of carbonyl (C=O) groups excluding carboxylic acids is 2. The van der Waals surface area contributed by atoms with Crippen molar-refractivity contribution in [2.24, 2.45) is 23.7 Å². The fourth-order valence-corrected chi connectivity index (χ4v) is 11.2. The molecule has 0 unspecified atom stereocenters. The highest BCUT2D eigenvalue weighted by Crippen LogP contribution is 2.50. The molecule has 7 atom stereocenters. The maximum Gasteiger partial charge on any atom is 0.264 e. The van der Waals surface area contributed by atoms with Gasteiger partial charge in [0.25, 0.3) is 5.91 Å². The van der Waals surface area contributed by atoms with Crippen LogP contribution < -0.4 is 14.4 Å². The van der Waals surface area contributed by atoms with Crippen molar-refractivity contribution in [3.8, 4) is 5.75 Å². The molecule has 1 N–H and O–H groups in total. The van der Waals surface area contributed by atoms with Crippen molar-refractivity contribution >= 4 is 39.1 Å². The molecule has 2 aromatic carbocycles. The largest absolute Gasteiger partial charge is 0.490 e. The summed E-state index contributed by atoms with van der Waals surface area (Å²) in [6, 6.07) is 8.68. The summed E-state index contributed by atoms with van der Waals surface area (Å²) in [5.41, 5.74) is 3.08. The zero-order chi connectivity index (χ0) is 36.4. The molecule has 4 heterocycles. The Morgan fingerprint density at radius 1 is 1.12 bits per heavy atom. The van der Waals surface area contributed by atoms with Crippen molar-refractivity contribution in [1.29, 1.82) is 0 Å². The van der Waals surface area contributed by atoms with Gasteiger partial charge in [0, 0.05) is 37.2 Å². The molecule has 2 fully saturated rings. The average Bonchev–Trinajstić information content (AvgIpc) is 3.26. The summed E-state index contributed by atoms with van der Waals surface area (Å²) < 4.78 is 58.2. The molecular formula is C40H49ClFN3O6S. The molecule has 4 aliphatic heterocycles. The van der Waals surface area contributed by atoms with Crippen molar-refractivity contribution in [2.45, 2.75) is 88.4 Å². The maximum atomic E-state index is 15.5. The molecule has 2 aromatic rings. The highest BCUT2D eigenvalue weighted by atomic mass is 35.5. The van der Waals surface area contributed by atoms with E-state index in [-0.39, 0.29) is 58.7 Å². The number of piperidine rings is 1. The molecule has 0 radical (unpaired) electrons. The number of anilines is 1. The molecule has 1 saturated carbocycles. The van der Waals surface area contributed by atoms with Crippen molar-refractivity contribution in [3.05, 3.63) is 69.5 Å². The molecule has 280 valence electrons. The van der Waals surface area contributed by atoms with Crippen LogP contribution in [-0.2, 0) is 31.4 Å². The van der Waals surface area contributed by atoms with Crippen LogP contribution in [0.25, 0.3) is 0 Å². The normalized spacial score (nSPS) is 32.5. The molecule has 1 spiro atoms. The molecular weight excluding hydrogens is 705 g/mol. The van der Waals surface area contributed by atoms with Crippen LogP contribution in [0.15, 0.2) is 42.0 Å². The zero-order valence-corrected chi connectivity index (χ0v) is 31.6. The van der Waals surface area contributed by atoms with Crippen LogP contribution in [-0.4, -0.2) is 75.9 Å². The van der Waals surface area contributed by atoms with E-state index in [0.717, 1.165) is 69.2 Å². The van der Waals surface area contributed by atoms with Crippen LogP contribution in [0.3, 0.4) is 0 Å². The van der Waals surface area contributed by atoms with Gasteiger partial charge < -0.3 is 19.3 Å². The summed E-state index contributed by atoms with van der Waals surface area (Å²) in [5.74, 6) is -0.255. The minimum Gasteiger partial charge on any atom is -0.490 e. The first-order chi connectivity index (χ1) is 24.9. The molecule has 9 rings (SSSR count). The minimum atomic E-state index is -4.01. The Balaban J connectivity index is 1.17. The number of amides is 2. The molecule has 12 heteroatoms. The number of halogens is 2. The predicted octanol–water partition coefficient (Wildman–Crippen LogP) is 6.42. The summed E-state index contributed by atoms with van der Waals surface area (Å²) in [7, 11) is -4.01. The quantitative estimate of drug-likeness (QED) is 0.361. The monoisotopic (exact) mass is 753 g/mol. The van der Waals surface area contributed by atoms with Crippen molar-refractivity contribution in [3.63, 3.8) is 0 Å². The second-order valence-corrected chi connectivity index (χ2v) is 18.6.